The van der Waals surface area contributed by atoms with Crippen LogP contribution in [-0.4, -0.2) is 63.6 Å². The number of morpholine rings is 1. The van der Waals surface area contributed by atoms with Crippen molar-refractivity contribution in [2.45, 2.75) is 45.4 Å². The Morgan fingerprint density at radius 3 is 2.86 bits per heavy atom. The number of benzene rings is 1. The zero-order valence-corrected chi connectivity index (χ0v) is 17.9. The summed E-state index contributed by atoms with van der Waals surface area (Å²) in [4.78, 5) is 22.3. The van der Waals surface area contributed by atoms with Crippen LogP contribution in [0.25, 0.3) is 10.9 Å². The van der Waals surface area contributed by atoms with Crippen LogP contribution in [0.15, 0.2) is 22.9 Å². The molecule has 3 rings (SSSR count). The number of nitrogens with zero attached hydrogens (tertiary/aromatic N) is 3. The van der Waals surface area contributed by atoms with E-state index >= 15 is 0 Å². The second kappa shape index (κ2) is 8.08. The Bertz CT molecular complexity index is 871. The summed E-state index contributed by atoms with van der Waals surface area (Å²) in [5, 5.41) is 10.6. The Morgan fingerprint density at radius 2 is 2.14 bits per heavy atom. The average molecular weight is 454 g/mol. The molecule has 1 N–H and O–H groups in total. The minimum absolute atomic E-state index is 0.163. The second-order valence-corrected chi connectivity index (χ2v) is 8.55. The Labute approximate surface area is 171 Å². The van der Waals surface area contributed by atoms with Gasteiger partial charge in [0.15, 0.2) is 0 Å². The molecule has 0 spiro atoms. The number of halogens is 1. The van der Waals surface area contributed by atoms with E-state index in [4.69, 9.17) is 14.2 Å². The van der Waals surface area contributed by atoms with E-state index in [2.05, 4.69) is 25.9 Å². The summed E-state index contributed by atoms with van der Waals surface area (Å²) in [5.41, 5.74) is -0.0406. The van der Waals surface area contributed by atoms with E-state index in [0.717, 1.165) is 4.47 Å². The number of ether oxygens (including phenoxy) is 3. The van der Waals surface area contributed by atoms with Gasteiger partial charge in [-0.15, -0.1) is 0 Å². The molecule has 0 aliphatic carbocycles. The minimum atomic E-state index is -0.590. The van der Waals surface area contributed by atoms with Crippen molar-refractivity contribution in [3.63, 3.8) is 0 Å². The summed E-state index contributed by atoms with van der Waals surface area (Å²) in [7, 11) is 0. The predicted octanol–water partition coefficient (Wildman–Crippen LogP) is 3.50. The smallest absolute Gasteiger partial charge is 0.410 e. The fourth-order valence-corrected chi connectivity index (χ4v) is 3.46. The van der Waals surface area contributed by atoms with E-state index in [9.17, 15) is 9.90 Å². The van der Waals surface area contributed by atoms with Gasteiger partial charge in [0.1, 0.15) is 29.2 Å². The monoisotopic (exact) mass is 453 g/mol. The third-order valence-electron chi connectivity index (χ3n) is 4.29. The lowest BCUT2D eigenvalue weighted by atomic mass is 10.1. The number of fused-ring (bicyclic) bond motifs is 1. The fraction of sp³-hybridized carbons (Fsp3) is 0.526. The Kier molecular flexibility index (Phi) is 5.95. The summed E-state index contributed by atoms with van der Waals surface area (Å²) in [5.74, 6) is 0.258. The first-order valence-electron chi connectivity index (χ1n) is 9.03. The van der Waals surface area contributed by atoms with Crippen molar-refractivity contribution >= 4 is 32.9 Å². The van der Waals surface area contributed by atoms with E-state index in [1.54, 1.807) is 17.0 Å². The molecule has 0 saturated carbocycles. The predicted molar refractivity (Wildman–Crippen MR) is 107 cm³/mol. The normalized spacial score (nSPS) is 18.8. The third-order valence-corrected chi connectivity index (χ3v) is 4.75. The van der Waals surface area contributed by atoms with Gasteiger partial charge in [-0.2, -0.15) is 0 Å². The average Bonchev–Trinajstić information content (AvgIpc) is 2.60. The van der Waals surface area contributed by atoms with Crippen molar-refractivity contribution in [1.82, 2.24) is 14.9 Å². The van der Waals surface area contributed by atoms with Gasteiger partial charge in [-0.05, 0) is 39.8 Å². The lowest BCUT2D eigenvalue weighted by Gasteiger charge is -2.39. The van der Waals surface area contributed by atoms with Crippen LogP contribution in [0.3, 0.4) is 0 Å². The van der Waals surface area contributed by atoms with E-state index in [-0.39, 0.29) is 11.9 Å². The Hall–Kier alpha value is -2.13. The highest BCUT2D eigenvalue weighted by Crippen LogP contribution is 2.35. The molecule has 152 valence electrons. The molecule has 0 radical (unpaired) electrons. The molecule has 9 heteroatoms. The lowest BCUT2D eigenvalue weighted by Crippen LogP contribution is -2.55. The number of aromatic nitrogens is 2. The molecule has 1 saturated heterocycles. The zero-order valence-electron chi connectivity index (χ0n) is 16.3. The maximum absolute atomic E-state index is 12.6. The van der Waals surface area contributed by atoms with Gasteiger partial charge in [-0.1, -0.05) is 15.9 Å². The fourth-order valence-electron chi connectivity index (χ4n) is 3.04. The summed E-state index contributed by atoms with van der Waals surface area (Å²) in [6.07, 6.45) is 0.461. The third kappa shape index (κ3) is 4.64. The van der Waals surface area contributed by atoms with Crippen molar-refractivity contribution in [3.8, 4) is 11.6 Å². The summed E-state index contributed by atoms with van der Waals surface area (Å²) in [6.45, 7) is 8.53. The minimum Gasteiger partial charge on any atom is -0.493 e. The summed E-state index contributed by atoms with van der Waals surface area (Å²) in [6, 6.07) is 3.17. The summed E-state index contributed by atoms with van der Waals surface area (Å²) < 4.78 is 18.0. The van der Waals surface area contributed by atoms with Gasteiger partial charge in [0.05, 0.1) is 24.8 Å². The van der Waals surface area contributed by atoms with Gasteiger partial charge >= 0.3 is 6.09 Å². The lowest BCUT2D eigenvalue weighted by molar-refractivity contribution is -0.0573. The van der Waals surface area contributed by atoms with Gasteiger partial charge in [-0.25, -0.2) is 14.8 Å². The van der Waals surface area contributed by atoms with Crippen LogP contribution in [0.1, 0.15) is 27.7 Å². The molecule has 1 amide bonds. The molecule has 1 aliphatic rings. The molecule has 1 aromatic heterocycles. The van der Waals surface area contributed by atoms with Gasteiger partial charge in [0.25, 0.3) is 0 Å². The number of hydrogen-bond donors (Lipinski definition) is 1. The van der Waals surface area contributed by atoms with Crippen LogP contribution >= 0.6 is 15.9 Å². The van der Waals surface area contributed by atoms with Crippen LogP contribution in [0, 0.1) is 0 Å². The number of hydrogen-bond acceptors (Lipinski definition) is 7. The van der Waals surface area contributed by atoms with Gasteiger partial charge in [-0.3, -0.25) is 4.90 Å². The molecule has 1 aliphatic heterocycles. The summed E-state index contributed by atoms with van der Waals surface area (Å²) >= 11 is 3.43. The van der Waals surface area contributed by atoms with Crippen molar-refractivity contribution in [1.29, 1.82) is 0 Å². The zero-order chi connectivity index (χ0) is 20.5. The highest BCUT2D eigenvalue weighted by Gasteiger charge is 2.35. The molecule has 2 heterocycles. The molecule has 1 aromatic carbocycles. The van der Waals surface area contributed by atoms with Gasteiger partial charge in [0, 0.05) is 11.0 Å². The van der Waals surface area contributed by atoms with Crippen LogP contribution in [-0.2, 0) is 9.47 Å². The second-order valence-electron chi connectivity index (χ2n) is 7.63. The first-order chi connectivity index (χ1) is 13.2. The molecule has 8 nitrogen and oxygen atoms in total. The van der Waals surface area contributed by atoms with E-state index < -0.39 is 17.8 Å². The Morgan fingerprint density at radius 1 is 1.39 bits per heavy atom. The first kappa shape index (κ1) is 20.6. The Balaban J connectivity index is 1.86. The number of carbonyl (C=O) groups excluding carboxylic acids is 1. The van der Waals surface area contributed by atoms with Crippen LogP contribution in [0.5, 0.6) is 11.6 Å². The van der Waals surface area contributed by atoms with Crippen LogP contribution in [0.2, 0.25) is 0 Å². The SMILES string of the molecule is CC(Oc1cc(Br)cc2ncnc(O)c12)C1COCCN1C(=O)OC(C)(C)C. The molecular formula is C19H24BrN3O5. The van der Waals surface area contributed by atoms with Crippen LogP contribution < -0.4 is 4.74 Å². The van der Waals surface area contributed by atoms with E-state index in [1.165, 1.54) is 6.33 Å². The van der Waals surface area contributed by atoms with Crippen molar-refractivity contribution in [2.75, 3.05) is 19.8 Å². The first-order valence-corrected chi connectivity index (χ1v) is 9.82. The maximum atomic E-state index is 12.6. The largest absolute Gasteiger partial charge is 0.493 e. The quantitative estimate of drug-likeness (QED) is 0.759. The van der Waals surface area contributed by atoms with Crippen molar-refractivity contribution in [3.05, 3.63) is 22.9 Å². The highest BCUT2D eigenvalue weighted by atomic mass is 79.9. The highest BCUT2D eigenvalue weighted by molar-refractivity contribution is 9.10. The van der Waals surface area contributed by atoms with Crippen LogP contribution in [0.4, 0.5) is 4.79 Å². The number of aromatic hydroxyl groups is 1. The van der Waals surface area contributed by atoms with E-state index in [0.29, 0.717) is 36.4 Å². The van der Waals surface area contributed by atoms with Gasteiger partial charge < -0.3 is 19.3 Å². The molecule has 2 atom stereocenters. The van der Waals surface area contributed by atoms with Gasteiger partial charge in [0.2, 0.25) is 5.88 Å². The molecule has 1 fully saturated rings. The molecular weight excluding hydrogens is 430 g/mol. The number of rotatable bonds is 3. The molecule has 28 heavy (non-hydrogen) atoms. The molecule has 2 unspecified atom stereocenters. The number of amides is 1. The molecule has 0 bridgehead atoms. The van der Waals surface area contributed by atoms with E-state index in [1.807, 2.05) is 27.7 Å². The van der Waals surface area contributed by atoms with Crippen molar-refractivity contribution < 1.29 is 24.1 Å². The molecule has 2 aromatic rings. The standard InChI is InChI=1S/C19H24BrN3O5/c1-11(14-9-26-6-5-23(14)18(25)28-19(2,3)4)27-15-8-12(20)7-13-16(15)17(24)22-10-21-13/h7-8,10-11,14H,5-6,9H2,1-4H3,(H,21,22,24). The maximum Gasteiger partial charge on any atom is 0.410 e. The van der Waals surface area contributed by atoms with Crippen molar-refractivity contribution in [2.24, 2.45) is 0 Å². The number of carbonyl (C=O) groups is 1. The topological polar surface area (TPSA) is 94.0 Å².